The lowest BCUT2D eigenvalue weighted by Gasteiger charge is -2.32. The summed E-state index contributed by atoms with van der Waals surface area (Å²) in [6.45, 7) is 4.66. The van der Waals surface area contributed by atoms with Gasteiger partial charge in [-0.25, -0.2) is 28.5 Å². The molecule has 2 amide bonds. The molecule has 0 unspecified atom stereocenters. The second kappa shape index (κ2) is 14.3. The first kappa shape index (κ1) is 30.3. The Kier molecular flexibility index (Phi) is 10.1. The van der Waals surface area contributed by atoms with Crippen molar-refractivity contribution in [3.05, 3.63) is 71.7 Å². The normalized spacial score (nSPS) is 16.7. The molecule has 3 heterocycles. The first-order valence-electron chi connectivity index (χ1n) is 14.6. The van der Waals surface area contributed by atoms with Crippen LogP contribution in [0.25, 0.3) is 22.4 Å². The van der Waals surface area contributed by atoms with Crippen molar-refractivity contribution >= 4 is 22.9 Å². The van der Waals surface area contributed by atoms with Crippen LogP contribution in [0.4, 0.5) is 19.4 Å². The molecule has 0 radical (unpaired) electrons. The number of urea groups is 1. The first-order valence-corrected chi connectivity index (χ1v) is 14.6. The number of halogens is 2. The van der Waals surface area contributed by atoms with Crippen molar-refractivity contribution in [2.24, 2.45) is 0 Å². The number of benzene rings is 1. The molecule has 0 saturated heterocycles. The maximum absolute atomic E-state index is 14.8. The van der Waals surface area contributed by atoms with E-state index in [4.69, 9.17) is 9.47 Å². The molecule has 1 fully saturated rings. The van der Waals surface area contributed by atoms with Crippen LogP contribution < -0.4 is 10.6 Å². The summed E-state index contributed by atoms with van der Waals surface area (Å²) in [5, 5.41) is 6.85. The van der Waals surface area contributed by atoms with Crippen molar-refractivity contribution in [2.75, 3.05) is 32.2 Å². The molecule has 1 aliphatic rings. The highest BCUT2D eigenvalue weighted by molar-refractivity contribution is 5.91. The zero-order valence-corrected chi connectivity index (χ0v) is 24.4. The zero-order chi connectivity index (χ0) is 30.2. The molecule has 1 aromatic carbocycles. The largest absolute Gasteiger partial charge is 0.379 e. The van der Waals surface area contributed by atoms with Gasteiger partial charge >= 0.3 is 6.03 Å². The second-order valence-corrected chi connectivity index (χ2v) is 10.7. The van der Waals surface area contributed by atoms with Gasteiger partial charge in [-0.1, -0.05) is 24.3 Å². The van der Waals surface area contributed by atoms with Gasteiger partial charge in [0.1, 0.15) is 11.5 Å². The number of rotatable bonds is 12. The number of amides is 2. The van der Waals surface area contributed by atoms with Gasteiger partial charge in [0.2, 0.25) is 0 Å². The number of pyridine rings is 1. The number of nitrogens with one attached hydrogen (secondary N) is 3. The van der Waals surface area contributed by atoms with E-state index < -0.39 is 11.6 Å². The Labute approximate surface area is 249 Å². The monoisotopic (exact) mass is 593 g/mol. The minimum atomic E-state index is -0.583. The number of ether oxygens (including phenoxy) is 2. The number of aromatic nitrogens is 4. The number of hydrogen-bond donors (Lipinski definition) is 3. The van der Waals surface area contributed by atoms with Gasteiger partial charge < -0.3 is 30.0 Å². The SMILES string of the molecule is CCOCCOCc1cccc(CN(C)C(=O)N[C@@H]2CCC[C@H](Nc3nc(-c4c[nH]c5ncc(F)cc45)ncc3F)C2)c1. The summed E-state index contributed by atoms with van der Waals surface area (Å²) in [6.07, 6.45) is 6.98. The van der Waals surface area contributed by atoms with E-state index in [2.05, 4.69) is 30.6 Å². The van der Waals surface area contributed by atoms with E-state index in [0.29, 0.717) is 56.0 Å². The van der Waals surface area contributed by atoms with Crippen molar-refractivity contribution in [2.45, 2.75) is 57.8 Å². The second-order valence-electron chi connectivity index (χ2n) is 10.7. The van der Waals surface area contributed by atoms with Crippen LogP contribution in [0.5, 0.6) is 0 Å². The lowest BCUT2D eigenvalue weighted by molar-refractivity contribution is 0.0452. The van der Waals surface area contributed by atoms with E-state index in [1.807, 2.05) is 31.2 Å². The summed E-state index contributed by atoms with van der Waals surface area (Å²) >= 11 is 0. The third kappa shape index (κ3) is 8.02. The van der Waals surface area contributed by atoms with Crippen LogP contribution >= 0.6 is 0 Å². The molecule has 10 nitrogen and oxygen atoms in total. The number of aromatic amines is 1. The zero-order valence-electron chi connectivity index (χ0n) is 24.4. The van der Waals surface area contributed by atoms with E-state index in [1.54, 1.807) is 18.1 Å². The number of H-pyrrole nitrogens is 1. The molecule has 5 rings (SSSR count). The predicted molar refractivity (Wildman–Crippen MR) is 159 cm³/mol. The average Bonchev–Trinajstić information content (AvgIpc) is 3.41. The van der Waals surface area contributed by atoms with Crippen LogP contribution in [0, 0.1) is 11.6 Å². The molecular weight excluding hydrogens is 556 g/mol. The maximum atomic E-state index is 14.8. The van der Waals surface area contributed by atoms with Gasteiger partial charge in [-0.15, -0.1) is 0 Å². The quantitative estimate of drug-likeness (QED) is 0.188. The molecule has 43 heavy (non-hydrogen) atoms. The van der Waals surface area contributed by atoms with Crippen LogP contribution in [-0.2, 0) is 22.6 Å². The summed E-state index contributed by atoms with van der Waals surface area (Å²) in [5.41, 5.74) is 3.07. The van der Waals surface area contributed by atoms with Crippen molar-refractivity contribution in [1.82, 2.24) is 30.2 Å². The standard InChI is InChI=1S/C31H37F2N7O3/c1-3-42-10-11-43-19-21-7-4-6-20(12-21)18-40(2)31(41)38-24-9-5-8-23(14-24)37-30-27(33)17-36-29(39-30)26-16-35-28-25(26)13-22(32)15-34-28/h4,6-7,12-13,15-17,23-24H,3,5,8-11,14,18-19H2,1-2H3,(H,34,35)(H,38,41)(H,36,37,39)/t23-,24+/m0/s1. The summed E-state index contributed by atoms with van der Waals surface area (Å²) < 4.78 is 39.5. The smallest absolute Gasteiger partial charge is 0.317 e. The number of carbonyl (C=O) groups is 1. The third-order valence-corrected chi connectivity index (χ3v) is 7.43. The van der Waals surface area contributed by atoms with Gasteiger partial charge in [0.25, 0.3) is 0 Å². The van der Waals surface area contributed by atoms with Crippen LogP contribution in [0.2, 0.25) is 0 Å². The van der Waals surface area contributed by atoms with E-state index >= 15 is 0 Å². The lowest BCUT2D eigenvalue weighted by Crippen LogP contribution is -2.46. The van der Waals surface area contributed by atoms with E-state index in [1.165, 1.54) is 6.07 Å². The minimum absolute atomic E-state index is 0.0690. The fraction of sp³-hybridized carbons (Fsp3) is 0.419. The van der Waals surface area contributed by atoms with Gasteiger partial charge in [-0.05, 0) is 49.8 Å². The van der Waals surface area contributed by atoms with Gasteiger partial charge in [-0.3, -0.25) is 0 Å². The van der Waals surface area contributed by atoms with Gasteiger partial charge in [0.15, 0.2) is 17.5 Å². The van der Waals surface area contributed by atoms with Crippen molar-refractivity contribution in [1.29, 1.82) is 0 Å². The molecule has 4 aromatic rings. The van der Waals surface area contributed by atoms with Crippen molar-refractivity contribution in [3.63, 3.8) is 0 Å². The lowest BCUT2D eigenvalue weighted by atomic mass is 9.91. The number of nitrogens with zero attached hydrogens (tertiary/aromatic N) is 4. The van der Waals surface area contributed by atoms with Crippen molar-refractivity contribution < 1.29 is 23.0 Å². The maximum Gasteiger partial charge on any atom is 0.317 e. The van der Waals surface area contributed by atoms with E-state index in [9.17, 15) is 13.6 Å². The van der Waals surface area contributed by atoms with E-state index in [-0.39, 0.29) is 29.8 Å². The molecule has 3 aromatic heterocycles. The highest BCUT2D eigenvalue weighted by atomic mass is 19.1. The van der Waals surface area contributed by atoms with Crippen LogP contribution in [-0.4, -0.2) is 69.8 Å². The molecule has 228 valence electrons. The predicted octanol–water partition coefficient (Wildman–Crippen LogP) is 5.42. The fourth-order valence-corrected chi connectivity index (χ4v) is 5.31. The van der Waals surface area contributed by atoms with Gasteiger partial charge in [0.05, 0.1) is 32.2 Å². The summed E-state index contributed by atoms with van der Waals surface area (Å²) in [4.78, 5) is 30.2. The van der Waals surface area contributed by atoms with Crippen LogP contribution in [0.3, 0.4) is 0 Å². The summed E-state index contributed by atoms with van der Waals surface area (Å²) in [7, 11) is 1.77. The Balaban J connectivity index is 1.15. The average molecular weight is 594 g/mol. The minimum Gasteiger partial charge on any atom is -0.379 e. The van der Waals surface area contributed by atoms with Gasteiger partial charge in [-0.2, -0.15) is 0 Å². The molecular formula is C31H37F2N7O3. The third-order valence-electron chi connectivity index (χ3n) is 7.43. The number of carbonyl (C=O) groups excluding carboxylic acids is 1. The summed E-state index contributed by atoms with van der Waals surface area (Å²) in [5.74, 6) is -0.742. The molecule has 0 spiro atoms. The molecule has 1 aliphatic carbocycles. The first-order chi connectivity index (χ1) is 20.9. The topological polar surface area (TPSA) is 117 Å². The molecule has 0 aliphatic heterocycles. The Morgan fingerprint density at radius 3 is 2.77 bits per heavy atom. The molecule has 3 N–H and O–H groups in total. The molecule has 0 bridgehead atoms. The number of fused-ring (bicyclic) bond motifs is 1. The summed E-state index contributed by atoms with van der Waals surface area (Å²) in [6, 6.07) is 9.00. The Morgan fingerprint density at radius 1 is 1.09 bits per heavy atom. The molecule has 2 atom stereocenters. The van der Waals surface area contributed by atoms with Gasteiger partial charge in [0, 0.05) is 49.4 Å². The fourth-order valence-electron chi connectivity index (χ4n) is 5.31. The highest BCUT2D eigenvalue weighted by Gasteiger charge is 2.26. The number of anilines is 1. The Bertz CT molecular complexity index is 1530. The van der Waals surface area contributed by atoms with Crippen LogP contribution in [0.15, 0.2) is 48.9 Å². The van der Waals surface area contributed by atoms with Crippen LogP contribution in [0.1, 0.15) is 43.7 Å². The van der Waals surface area contributed by atoms with E-state index in [0.717, 1.165) is 42.8 Å². The van der Waals surface area contributed by atoms with Crippen molar-refractivity contribution in [3.8, 4) is 11.4 Å². The molecule has 12 heteroatoms. The highest BCUT2D eigenvalue weighted by Crippen LogP contribution is 2.28. The number of hydrogen-bond acceptors (Lipinski definition) is 7. The Hall–Kier alpha value is -4.16. The molecule has 1 saturated carbocycles. The Morgan fingerprint density at radius 2 is 1.91 bits per heavy atom.